The van der Waals surface area contributed by atoms with Crippen LogP contribution in [0.25, 0.3) is 10.9 Å². The molecule has 0 N–H and O–H groups in total. The fourth-order valence-corrected chi connectivity index (χ4v) is 5.67. The van der Waals surface area contributed by atoms with Crippen LogP contribution in [0.2, 0.25) is 5.02 Å². The van der Waals surface area contributed by atoms with E-state index in [0.717, 1.165) is 24.0 Å². The molecule has 33 heavy (non-hydrogen) atoms. The molecule has 0 bridgehead atoms. The molecule has 2 aromatic carbocycles. The van der Waals surface area contributed by atoms with E-state index in [2.05, 4.69) is 4.90 Å². The van der Waals surface area contributed by atoms with Crippen molar-refractivity contribution >= 4 is 44.3 Å². The summed E-state index contributed by atoms with van der Waals surface area (Å²) in [5.74, 6) is 0. The quantitative estimate of drug-likeness (QED) is 0.519. The number of fused-ring (bicyclic) bond motifs is 1. The summed E-state index contributed by atoms with van der Waals surface area (Å²) in [7, 11) is -3.79. The predicted molar refractivity (Wildman–Crippen MR) is 131 cm³/mol. The van der Waals surface area contributed by atoms with Crippen molar-refractivity contribution in [1.82, 2.24) is 8.87 Å². The van der Waals surface area contributed by atoms with Crippen molar-refractivity contribution in [3.05, 3.63) is 59.8 Å². The first kappa shape index (κ1) is 23.4. The third kappa shape index (κ3) is 4.96. The van der Waals surface area contributed by atoms with Crippen LogP contribution in [0.3, 0.4) is 0 Å². The van der Waals surface area contributed by atoms with Gasteiger partial charge in [-0.3, -0.25) is 0 Å². The van der Waals surface area contributed by atoms with Crippen LogP contribution < -0.4 is 4.90 Å². The topological polar surface area (TPSA) is 71.8 Å². The first-order valence-electron chi connectivity index (χ1n) is 10.9. The monoisotopic (exact) mass is 489 g/mol. The first-order chi connectivity index (χ1) is 15.6. The molecule has 0 aliphatic carbocycles. The van der Waals surface area contributed by atoms with Crippen molar-refractivity contribution < 1.29 is 17.9 Å². The molecular weight excluding hydrogens is 462 g/mol. The maximum Gasteiger partial charge on any atom is 0.410 e. The average Bonchev–Trinajstić information content (AvgIpc) is 3.03. The summed E-state index contributed by atoms with van der Waals surface area (Å²) in [5.41, 5.74) is 1.01. The highest BCUT2D eigenvalue weighted by Crippen LogP contribution is 2.31. The van der Waals surface area contributed by atoms with Gasteiger partial charge in [-0.25, -0.2) is 17.2 Å². The fraction of sp³-hybridized carbons (Fsp3) is 0.375. The second-order valence-electron chi connectivity index (χ2n) is 9.09. The van der Waals surface area contributed by atoms with Crippen molar-refractivity contribution in [3.63, 3.8) is 0 Å². The van der Waals surface area contributed by atoms with Crippen molar-refractivity contribution in [2.75, 3.05) is 31.1 Å². The zero-order valence-electron chi connectivity index (χ0n) is 19.0. The number of amides is 1. The van der Waals surface area contributed by atoms with Gasteiger partial charge in [-0.15, -0.1) is 0 Å². The van der Waals surface area contributed by atoms with Gasteiger partial charge < -0.3 is 14.5 Å². The molecule has 4 rings (SSSR count). The molecule has 176 valence electrons. The van der Waals surface area contributed by atoms with E-state index in [1.807, 2.05) is 39.0 Å². The number of benzene rings is 2. The van der Waals surface area contributed by atoms with Crippen LogP contribution >= 0.6 is 11.6 Å². The van der Waals surface area contributed by atoms with Gasteiger partial charge >= 0.3 is 6.09 Å². The van der Waals surface area contributed by atoms with E-state index in [0.29, 0.717) is 30.2 Å². The van der Waals surface area contributed by atoms with Crippen LogP contribution in [0.5, 0.6) is 0 Å². The number of anilines is 1. The minimum atomic E-state index is -3.79. The molecule has 0 atom stereocenters. The Bertz CT molecular complexity index is 1280. The van der Waals surface area contributed by atoms with E-state index in [4.69, 9.17) is 16.3 Å². The lowest BCUT2D eigenvalue weighted by atomic mass is 10.2. The van der Waals surface area contributed by atoms with Gasteiger partial charge in [0.1, 0.15) is 5.60 Å². The molecule has 0 radical (unpaired) electrons. The Hall–Kier alpha value is -2.71. The van der Waals surface area contributed by atoms with Gasteiger partial charge in [-0.2, -0.15) is 0 Å². The number of aromatic nitrogens is 1. The molecule has 1 aromatic heterocycles. The van der Waals surface area contributed by atoms with Gasteiger partial charge in [-0.05, 0) is 63.6 Å². The minimum absolute atomic E-state index is 0.140. The smallest absolute Gasteiger partial charge is 0.410 e. The van der Waals surface area contributed by atoms with Gasteiger partial charge in [0, 0.05) is 48.5 Å². The maximum absolute atomic E-state index is 13.3. The number of rotatable bonds is 3. The van der Waals surface area contributed by atoms with Gasteiger partial charge in [0.2, 0.25) is 0 Å². The van der Waals surface area contributed by atoms with E-state index in [1.165, 1.54) is 16.1 Å². The number of hydrogen-bond acceptors (Lipinski definition) is 5. The summed E-state index contributed by atoms with van der Waals surface area (Å²) in [6.45, 7) is 8.11. The van der Waals surface area contributed by atoms with E-state index in [-0.39, 0.29) is 11.0 Å². The number of carbonyl (C=O) groups excluding carboxylic acids is 1. The van der Waals surface area contributed by atoms with Gasteiger partial charge in [0.05, 0.1) is 10.4 Å². The highest BCUT2D eigenvalue weighted by molar-refractivity contribution is 7.90. The van der Waals surface area contributed by atoms with Crippen LogP contribution in [-0.4, -0.2) is 55.2 Å². The summed E-state index contributed by atoms with van der Waals surface area (Å²) >= 11 is 6.02. The molecule has 1 amide bonds. The SMILES string of the molecule is CC(C)(C)OC(=O)N1CCCN(c2cccc3c2ccn3S(=O)(=O)c2cccc(Cl)c2)CC1. The third-order valence-electron chi connectivity index (χ3n) is 5.52. The van der Waals surface area contributed by atoms with Crippen LogP contribution in [0.1, 0.15) is 27.2 Å². The molecule has 7 nitrogen and oxygen atoms in total. The van der Waals surface area contributed by atoms with Crippen molar-refractivity contribution in [2.24, 2.45) is 0 Å². The Morgan fingerprint density at radius 1 is 1.00 bits per heavy atom. The zero-order chi connectivity index (χ0) is 23.8. The Morgan fingerprint density at radius 2 is 1.76 bits per heavy atom. The van der Waals surface area contributed by atoms with E-state index < -0.39 is 15.6 Å². The molecular formula is C24H28ClN3O4S. The molecule has 9 heteroatoms. The number of hydrogen-bond donors (Lipinski definition) is 0. The summed E-state index contributed by atoms with van der Waals surface area (Å²) in [6.07, 6.45) is 2.06. The molecule has 1 fully saturated rings. The average molecular weight is 490 g/mol. The number of halogens is 1. The summed E-state index contributed by atoms with van der Waals surface area (Å²) < 4.78 is 33.4. The van der Waals surface area contributed by atoms with Gasteiger partial charge in [0.15, 0.2) is 0 Å². The standard InChI is InChI=1S/C24H28ClN3O4S/c1-24(2,3)32-23(29)27-13-6-12-26(15-16-27)21-9-5-10-22-20(21)11-14-28(22)33(30,31)19-8-4-7-18(25)17-19/h4-5,7-11,14,17H,6,12-13,15-16H2,1-3H3. The molecule has 0 unspecified atom stereocenters. The van der Waals surface area contributed by atoms with Crippen LogP contribution in [-0.2, 0) is 14.8 Å². The Kier molecular flexibility index (Phi) is 6.33. The molecule has 0 saturated carbocycles. The molecule has 2 heterocycles. The zero-order valence-corrected chi connectivity index (χ0v) is 20.6. The second-order valence-corrected chi connectivity index (χ2v) is 11.3. The number of nitrogens with zero attached hydrogens (tertiary/aromatic N) is 3. The van der Waals surface area contributed by atoms with E-state index >= 15 is 0 Å². The highest BCUT2D eigenvalue weighted by atomic mass is 35.5. The Labute approximate surface area is 199 Å². The van der Waals surface area contributed by atoms with Gasteiger partial charge in [0.25, 0.3) is 10.0 Å². The van der Waals surface area contributed by atoms with Crippen LogP contribution in [0.4, 0.5) is 10.5 Å². The minimum Gasteiger partial charge on any atom is -0.444 e. The maximum atomic E-state index is 13.3. The third-order valence-corrected chi connectivity index (χ3v) is 7.44. The van der Waals surface area contributed by atoms with Crippen molar-refractivity contribution in [2.45, 2.75) is 37.7 Å². The van der Waals surface area contributed by atoms with Crippen LogP contribution in [0.15, 0.2) is 59.6 Å². The lowest BCUT2D eigenvalue weighted by molar-refractivity contribution is 0.0263. The molecule has 0 spiro atoms. The normalized spacial score (nSPS) is 15.5. The van der Waals surface area contributed by atoms with Gasteiger partial charge in [-0.1, -0.05) is 23.7 Å². The summed E-state index contributed by atoms with van der Waals surface area (Å²) in [6, 6.07) is 13.7. The molecule has 1 saturated heterocycles. The molecule has 1 aliphatic heterocycles. The van der Waals surface area contributed by atoms with Crippen molar-refractivity contribution in [3.8, 4) is 0 Å². The predicted octanol–water partition coefficient (Wildman–Crippen LogP) is 4.98. The number of carbonyl (C=O) groups is 1. The van der Waals surface area contributed by atoms with E-state index in [9.17, 15) is 13.2 Å². The number of ether oxygens (including phenoxy) is 1. The first-order valence-corrected chi connectivity index (χ1v) is 12.7. The van der Waals surface area contributed by atoms with E-state index in [1.54, 1.807) is 29.3 Å². The Morgan fingerprint density at radius 3 is 2.48 bits per heavy atom. The largest absolute Gasteiger partial charge is 0.444 e. The summed E-state index contributed by atoms with van der Waals surface area (Å²) in [5, 5.41) is 1.21. The highest BCUT2D eigenvalue weighted by Gasteiger charge is 2.26. The molecule has 3 aromatic rings. The lowest BCUT2D eigenvalue weighted by Gasteiger charge is -2.27. The van der Waals surface area contributed by atoms with Crippen molar-refractivity contribution in [1.29, 1.82) is 0 Å². The van der Waals surface area contributed by atoms with Crippen LogP contribution in [0, 0.1) is 0 Å². The second kappa shape index (κ2) is 8.91. The fourth-order valence-electron chi connectivity index (χ4n) is 4.02. The molecule has 1 aliphatic rings. The lowest BCUT2D eigenvalue weighted by Crippen LogP contribution is -2.39. The Balaban J connectivity index is 1.62. The summed E-state index contributed by atoms with van der Waals surface area (Å²) in [4.78, 5) is 16.6.